The number of aryl methyl sites for hydroxylation is 1. The average molecular weight is 240 g/mol. The Bertz CT molecular complexity index is 367. The average Bonchev–Trinajstić information content (AvgIpc) is 2.18. The summed E-state index contributed by atoms with van der Waals surface area (Å²) in [7, 11) is 3.38. The van der Waals surface area contributed by atoms with Gasteiger partial charge in [-0.15, -0.1) is 0 Å². The van der Waals surface area contributed by atoms with E-state index in [-0.39, 0.29) is 4.75 Å². The molecule has 0 aliphatic heterocycles. The molecule has 2 nitrogen and oxygen atoms in total. The van der Waals surface area contributed by atoms with E-state index >= 15 is 0 Å². The third-order valence-electron chi connectivity index (χ3n) is 2.42. The normalized spacial score (nSPS) is 11.4. The van der Waals surface area contributed by atoms with Crippen molar-refractivity contribution in [1.82, 2.24) is 0 Å². The monoisotopic (exact) mass is 240 g/mol. The first kappa shape index (κ1) is 13.2. The summed E-state index contributed by atoms with van der Waals surface area (Å²) in [5.41, 5.74) is 2.21. The molecule has 16 heavy (non-hydrogen) atoms. The van der Waals surface area contributed by atoms with Crippen LogP contribution in [-0.2, 0) is 6.42 Å². The van der Waals surface area contributed by atoms with Gasteiger partial charge in [0.2, 0.25) is 0 Å². The summed E-state index contributed by atoms with van der Waals surface area (Å²) in [6, 6.07) is 4.04. The van der Waals surface area contributed by atoms with Gasteiger partial charge in [-0.2, -0.15) is 12.6 Å². The highest BCUT2D eigenvalue weighted by atomic mass is 32.1. The van der Waals surface area contributed by atoms with E-state index in [1.54, 1.807) is 14.2 Å². The number of rotatable bonds is 4. The Hall–Kier alpha value is -0.830. The maximum Gasteiger partial charge on any atom is 0.122 e. The van der Waals surface area contributed by atoms with E-state index in [0.717, 1.165) is 29.0 Å². The van der Waals surface area contributed by atoms with Crippen LogP contribution in [0.25, 0.3) is 0 Å². The molecule has 0 unspecified atom stereocenters. The van der Waals surface area contributed by atoms with Gasteiger partial charge < -0.3 is 9.47 Å². The molecule has 0 heterocycles. The highest BCUT2D eigenvalue weighted by Crippen LogP contribution is 2.32. The highest BCUT2D eigenvalue weighted by molar-refractivity contribution is 7.81. The van der Waals surface area contributed by atoms with Crippen LogP contribution < -0.4 is 9.47 Å². The molecule has 0 radical (unpaired) electrons. The molecular weight excluding hydrogens is 220 g/mol. The number of methoxy groups -OCH3 is 2. The number of thiol groups is 1. The van der Waals surface area contributed by atoms with Crippen molar-refractivity contribution in [2.24, 2.45) is 0 Å². The van der Waals surface area contributed by atoms with Crippen LogP contribution in [0.4, 0.5) is 0 Å². The van der Waals surface area contributed by atoms with Gasteiger partial charge in [-0.25, -0.2) is 0 Å². The van der Waals surface area contributed by atoms with E-state index in [9.17, 15) is 0 Å². The molecule has 0 fully saturated rings. The fourth-order valence-corrected chi connectivity index (χ4v) is 1.89. The lowest BCUT2D eigenvalue weighted by molar-refractivity contribution is 0.395. The summed E-state index contributed by atoms with van der Waals surface area (Å²) < 4.78 is 10.6. The molecule has 0 N–H and O–H groups in total. The Balaban J connectivity index is 3.15. The molecule has 0 bridgehead atoms. The zero-order valence-electron chi connectivity index (χ0n) is 10.6. The molecule has 0 amide bonds. The minimum atomic E-state index is -0.0620. The van der Waals surface area contributed by atoms with Gasteiger partial charge in [-0.3, -0.25) is 0 Å². The molecule has 3 heteroatoms. The van der Waals surface area contributed by atoms with Gasteiger partial charge in [0.1, 0.15) is 11.5 Å². The van der Waals surface area contributed by atoms with Crippen molar-refractivity contribution < 1.29 is 9.47 Å². The number of benzene rings is 1. The van der Waals surface area contributed by atoms with E-state index in [4.69, 9.17) is 9.47 Å². The minimum Gasteiger partial charge on any atom is -0.496 e. The lowest BCUT2D eigenvalue weighted by Gasteiger charge is -2.20. The second-order valence-corrected chi connectivity index (χ2v) is 5.83. The molecule has 0 aliphatic rings. The summed E-state index contributed by atoms with van der Waals surface area (Å²) in [6.07, 6.45) is 0.843. The molecule has 0 saturated carbocycles. The molecule has 90 valence electrons. The third kappa shape index (κ3) is 3.34. The van der Waals surface area contributed by atoms with Gasteiger partial charge >= 0.3 is 0 Å². The summed E-state index contributed by atoms with van der Waals surface area (Å²) >= 11 is 4.55. The first-order chi connectivity index (χ1) is 7.37. The third-order valence-corrected chi connectivity index (χ3v) is 2.58. The van der Waals surface area contributed by atoms with Crippen molar-refractivity contribution in [3.63, 3.8) is 0 Å². The van der Waals surface area contributed by atoms with Gasteiger partial charge in [0, 0.05) is 4.75 Å². The maximum absolute atomic E-state index is 5.38. The summed E-state index contributed by atoms with van der Waals surface area (Å²) in [5, 5.41) is 0. The smallest absolute Gasteiger partial charge is 0.122 e. The van der Waals surface area contributed by atoms with E-state index in [2.05, 4.69) is 26.5 Å². The molecule has 0 aliphatic carbocycles. The zero-order chi connectivity index (χ0) is 12.3. The Morgan fingerprint density at radius 3 is 2.12 bits per heavy atom. The van der Waals surface area contributed by atoms with Crippen molar-refractivity contribution in [3.05, 3.63) is 23.3 Å². The Morgan fingerprint density at radius 1 is 1.12 bits per heavy atom. The fourth-order valence-electron chi connectivity index (χ4n) is 1.72. The van der Waals surface area contributed by atoms with Crippen LogP contribution in [-0.4, -0.2) is 19.0 Å². The summed E-state index contributed by atoms with van der Waals surface area (Å²) in [6.45, 7) is 6.18. The summed E-state index contributed by atoms with van der Waals surface area (Å²) in [5.74, 6) is 1.80. The highest BCUT2D eigenvalue weighted by Gasteiger charge is 2.17. The SMILES string of the molecule is COc1cc(CC(C)(C)S)c(OC)cc1C. The van der Waals surface area contributed by atoms with Gasteiger partial charge in [0.25, 0.3) is 0 Å². The van der Waals surface area contributed by atoms with Crippen LogP contribution in [0.1, 0.15) is 25.0 Å². The molecule has 1 aromatic carbocycles. The van der Waals surface area contributed by atoms with Crippen molar-refractivity contribution >= 4 is 12.6 Å². The molecule has 0 spiro atoms. The lowest BCUT2D eigenvalue weighted by Crippen LogP contribution is -2.15. The molecule has 1 aromatic rings. The molecule has 0 aromatic heterocycles. The quantitative estimate of drug-likeness (QED) is 0.814. The molecular formula is C13H20O2S. The van der Waals surface area contributed by atoms with E-state index in [0.29, 0.717) is 0 Å². The first-order valence-corrected chi connectivity index (χ1v) is 5.76. The Kier molecular flexibility index (Phi) is 4.14. The van der Waals surface area contributed by atoms with E-state index in [1.807, 2.05) is 19.1 Å². The van der Waals surface area contributed by atoms with Crippen LogP contribution >= 0.6 is 12.6 Å². The van der Waals surface area contributed by atoms with Crippen molar-refractivity contribution in [1.29, 1.82) is 0 Å². The van der Waals surface area contributed by atoms with Gasteiger partial charge in [-0.05, 0) is 36.6 Å². The van der Waals surface area contributed by atoms with Crippen LogP contribution in [0.2, 0.25) is 0 Å². The van der Waals surface area contributed by atoms with Crippen LogP contribution in [0.5, 0.6) is 11.5 Å². The first-order valence-electron chi connectivity index (χ1n) is 5.31. The topological polar surface area (TPSA) is 18.5 Å². The Morgan fingerprint density at radius 2 is 1.69 bits per heavy atom. The lowest BCUT2D eigenvalue weighted by atomic mass is 9.99. The number of ether oxygens (including phenoxy) is 2. The van der Waals surface area contributed by atoms with Crippen LogP contribution in [0.15, 0.2) is 12.1 Å². The number of hydrogen-bond donors (Lipinski definition) is 1. The second kappa shape index (κ2) is 5.00. The van der Waals surface area contributed by atoms with Gasteiger partial charge in [0.15, 0.2) is 0 Å². The van der Waals surface area contributed by atoms with E-state index in [1.165, 1.54) is 0 Å². The molecule has 0 atom stereocenters. The molecule has 1 rings (SSSR count). The molecule has 0 saturated heterocycles. The Labute approximate surface area is 103 Å². The largest absolute Gasteiger partial charge is 0.496 e. The maximum atomic E-state index is 5.38. The fraction of sp³-hybridized carbons (Fsp3) is 0.538. The number of hydrogen-bond acceptors (Lipinski definition) is 3. The predicted octanol–water partition coefficient (Wildman–Crippen LogP) is 3.26. The minimum absolute atomic E-state index is 0.0620. The van der Waals surface area contributed by atoms with Crippen LogP contribution in [0, 0.1) is 6.92 Å². The standard InChI is InChI=1S/C13H20O2S/c1-9-6-12(15-5)10(7-11(9)14-4)8-13(2,3)16/h6-7,16H,8H2,1-5H3. The second-order valence-electron chi connectivity index (χ2n) is 4.62. The van der Waals surface area contributed by atoms with E-state index < -0.39 is 0 Å². The van der Waals surface area contributed by atoms with Crippen molar-refractivity contribution in [3.8, 4) is 11.5 Å². The van der Waals surface area contributed by atoms with Crippen molar-refractivity contribution in [2.75, 3.05) is 14.2 Å². The predicted molar refractivity (Wildman–Crippen MR) is 71.1 cm³/mol. The van der Waals surface area contributed by atoms with Gasteiger partial charge in [-0.1, -0.05) is 13.8 Å². The van der Waals surface area contributed by atoms with Crippen LogP contribution in [0.3, 0.4) is 0 Å². The summed E-state index contributed by atoms with van der Waals surface area (Å²) in [4.78, 5) is 0. The zero-order valence-corrected chi connectivity index (χ0v) is 11.5. The van der Waals surface area contributed by atoms with Crippen molar-refractivity contribution in [2.45, 2.75) is 31.9 Å². The van der Waals surface area contributed by atoms with Gasteiger partial charge in [0.05, 0.1) is 14.2 Å².